The maximum absolute atomic E-state index is 12.7. The van der Waals surface area contributed by atoms with Gasteiger partial charge >= 0.3 is 0 Å². The first-order valence-corrected chi connectivity index (χ1v) is 15.1. The summed E-state index contributed by atoms with van der Waals surface area (Å²) in [6.45, 7) is 8.23. The highest BCUT2D eigenvalue weighted by atomic mass is 16.7. The third kappa shape index (κ3) is 4.58. The molecule has 1 aromatic rings. The van der Waals surface area contributed by atoms with E-state index in [1.165, 1.54) is 28.9 Å². The zero-order chi connectivity index (χ0) is 28.1. The lowest BCUT2D eigenvalue weighted by Crippen LogP contribution is -2.53. The second-order valence-corrected chi connectivity index (χ2v) is 12.9. The standard InChI is InChI=1S/C33H45NO6/c1-5-6-17-38-28-12-11-26-24-13-15-32(36)21-33(39-18-19-40-33)16-14-27(32)29(24)25(20-31(26,28)2)22-7-9-23(10-8-22)30(35)34(3)37-4/h5,7-10,24-26,28,36H,1,6,11-21H2,2-4H3/t24?,25-,26+,28?,31+,32-/m1/s1. The maximum atomic E-state index is 12.7. The second-order valence-electron chi connectivity index (χ2n) is 12.9. The van der Waals surface area contributed by atoms with Gasteiger partial charge in [0, 0.05) is 31.4 Å². The van der Waals surface area contributed by atoms with Crippen molar-refractivity contribution in [3.63, 3.8) is 0 Å². The fourth-order valence-electron chi connectivity index (χ4n) is 8.95. The Morgan fingerprint density at radius 1 is 1.18 bits per heavy atom. The highest BCUT2D eigenvalue weighted by Crippen LogP contribution is 2.66. The van der Waals surface area contributed by atoms with Crippen LogP contribution in [-0.2, 0) is 19.0 Å². The van der Waals surface area contributed by atoms with Gasteiger partial charge in [-0.15, -0.1) is 6.58 Å². The Balaban J connectivity index is 1.39. The number of carbonyl (C=O) groups excluding carboxylic acids is 1. The van der Waals surface area contributed by atoms with Gasteiger partial charge in [-0.1, -0.05) is 30.7 Å². The zero-order valence-corrected chi connectivity index (χ0v) is 24.3. The van der Waals surface area contributed by atoms with Gasteiger partial charge in [-0.25, -0.2) is 5.06 Å². The minimum atomic E-state index is -0.893. The molecule has 1 saturated heterocycles. The third-order valence-corrected chi connectivity index (χ3v) is 10.9. The zero-order valence-electron chi connectivity index (χ0n) is 24.3. The summed E-state index contributed by atoms with van der Waals surface area (Å²) < 4.78 is 18.7. The largest absolute Gasteiger partial charge is 0.385 e. The Kier molecular flexibility index (Phi) is 7.49. The summed E-state index contributed by atoms with van der Waals surface area (Å²) in [7, 11) is 3.12. The molecule has 1 aromatic carbocycles. The van der Waals surface area contributed by atoms with Gasteiger partial charge in [-0.3, -0.25) is 9.63 Å². The number of rotatable bonds is 7. The van der Waals surface area contributed by atoms with Gasteiger partial charge in [0.15, 0.2) is 5.79 Å². The molecule has 40 heavy (non-hydrogen) atoms. The van der Waals surface area contributed by atoms with Gasteiger partial charge in [0.25, 0.3) is 5.91 Å². The van der Waals surface area contributed by atoms with Crippen molar-refractivity contribution in [2.24, 2.45) is 17.3 Å². The third-order valence-electron chi connectivity index (χ3n) is 10.9. The van der Waals surface area contributed by atoms with E-state index in [0.717, 1.165) is 51.4 Å². The number of ether oxygens (including phenoxy) is 3. The van der Waals surface area contributed by atoms with Gasteiger partial charge < -0.3 is 19.3 Å². The summed E-state index contributed by atoms with van der Waals surface area (Å²) in [4.78, 5) is 17.8. The number of benzene rings is 1. The Labute approximate surface area is 238 Å². The van der Waals surface area contributed by atoms with Gasteiger partial charge in [0.1, 0.15) is 0 Å². The molecule has 0 bridgehead atoms. The van der Waals surface area contributed by atoms with Crippen LogP contribution in [0, 0.1) is 17.3 Å². The number of aliphatic hydroxyl groups is 1. The molecule has 5 aliphatic rings. The summed E-state index contributed by atoms with van der Waals surface area (Å²) in [5.74, 6) is 0.317. The summed E-state index contributed by atoms with van der Waals surface area (Å²) in [5, 5.41) is 13.5. The Morgan fingerprint density at radius 2 is 1.93 bits per heavy atom. The number of fused-ring (bicyclic) bond motifs is 4. The molecule has 7 heteroatoms. The van der Waals surface area contributed by atoms with E-state index in [1.54, 1.807) is 7.05 Å². The molecule has 7 nitrogen and oxygen atoms in total. The van der Waals surface area contributed by atoms with Crippen molar-refractivity contribution in [3.05, 3.63) is 59.2 Å². The normalized spacial score (nSPS) is 36.2. The lowest BCUT2D eigenvalue weighted by atomic mass is 9.51. The average Bonchev–Trinajstić information content (AvgIpc) is 3.54. The van der Waals surface area contributed by atoms with Crippen LogP contribution in [0.4, 0.5) is 0 Å². The van der Waals surface area contributed by atoms with Crippen molar-refractivity contribution in [1.82, 2.24) is 5.06 Å². The summed E-state index contributed by atoms with van der Waals surface area (Å²) in [5.41, 5.74) is 3.65. The van der Waals surface area contributed by atoms with Crippen LogP contribution in [0.25, 0.3) is 0 Å². The van der Waals surface area contributed by atoms with E-state index in [2.05, 4.69) is 25.6 Å². The molecular weight excluding hydrogens is 506 g/mol. The van der Waals surface area contributed by atoms with Crippen LogP contribution in [0.1, 0.15) is 86.6 Å². The van der Waals surface area contributed by atoms with Crippen LogP contribution >= 0.6 is 0 Å². The Hall–Kier alpha value is -2.03. The van der Waals surface area contributed by atoms with Gasteiger partial charge in [-0.2, -0.15) is 0 Å². The number of hydrogen-bond acceptors (Lipinski definition) is 6. The van der Waals surface area contributed by atoms with E-state index in [0.29, 0.717) is 43.6 Å². The maximum Gasteiger partial charge on any atom is 0.277 e. The summed E-state index contributed by atoms with van der Waals surface area (Å²) >= 11 is 0. The molecule has 218 valence electrons. The van der Waals surface area contributed by atoms with Crippen LogP contribution in [0.15, 0.2) is 48.1 Å². The van der Waals surface area contributed by atoms with Gasteiger partial charge in [0.2, 0.25) is 0 Å². The molecule has 4 aliphatic carbocycles. The van der Waals surface area contributed by atoms with Crippen LogP contribution in [0.2, 0.25) is 0 Å². The highest BCUT2D eigenvalue weighted by Gasteiger charge is 2.60. The van der Waals surface area contributed by atoms with Crippen LogP contribution in [-0.4, -0.2) is 67.5 Å². The van der Waals surface area contributed by atoms with E-state index < -0.39 is 11.4 Å². The predicted molar refractivity (Wildman–Crippen MR) is 151 cm³/mol. The van der Waals surface area contributed by atoms with Gasteiger partial charge in [0.05, 0.1) is 38.6 Å². The number of hydroxylamine groups is 2. The van der Waals surface area contributed by atoms with E-state index in [-0.39, 0.29) is 23.3 Å². The number of amides is 1. The van der Waals surface area contributed by atoms with Crippen molar-refractivity contribution in [2.75, 3.05) is 34.0 Å². The quantitative estimate of drug-likeness (QED) is 0.272. The molecule has 2 unspecified atom stereocenters. The molecule has 6 atom stereocenters. The average molecular weight is 552 g/mol. The van der Waals surface area contributed by atoms with Crippen molar-refractivity contribution in [1.29, 1.82) is 0 Å². The molecule has 1 amide bonds. The molecule has 6 rings (SSSR count). The highest BCUT2D eigenvalue weighted by molar-refractivity contribution is 5.93. The van der Waals surface area contributed by atoms with Crippen LogP contribution in [0.5, 0.6) is 0 Å². The van der Waals surface area contributed by atoms with Crippen molar-refractivity contribution >= 4 is 5.91 Å². The SMILES string of the molecule is C=CCCOC1CC[C@H]2C3CC[C@@]4(O)CC5(CCC4=C3[C@@H](c3ccc(C(=O)N(C)OC)cc3)C[C@]12C)OCCO5. The Morgan fingerprint density at radius 3 is 2.62 bits per heavy atom. The smallest absolute Gasteiger partial charge is 0.277 e. The minimum absolute atomic E-state index is 0.0499. The number of carbonyl (C=O) groups is 1. The second kappa shape index (κ2) is 10.7. The van der Waals surface area contributed by atoms with Crippen molar-refractivity contribution in [2.45, 2.75) is 88.1 Å². The molecule has 3 saturated carbocycles. The van der Waals surface area contributed by atoms with E-state index in [1.807, 2.05) is 18.2 Å². The first kappa shape index (κ1) is 28.1. The fourth-order valence-corrected chi connectivity index (χ4v) is 8.95. The van der Waals surface area contributed by atoms with E-state index in [9.17, 15) is 9.90 Å². The number of hydrogen-bond donors (Lipinski definition) is 1. The molecule has 1 spiro atoms. The van der Waals surface area contributed by atoms with E-state index in [4.69, 9.17) is 19.0 Å². The van der Waals surface area contributed by atoms with Crippen molar-refractivity contribution in [3.8, 4) is 0 Å². The van der Waals surface area contributed by atoms with Crippen LogP contribution < -0.4 is 0 Å². The Bertz CT molecular complexity index is 1160. The molecule has 0 aromatic heterocycles. The molecule has 1 aliphatic heterocycles. The lowest BCUT2D eigenvalue weighted by Gasteiger charge is -2.56. The summed E-state index contributed by atoms with van der Waals surface area (Å²) in [6.07, 6.45) is 10.1. The van der Waals surface area contributed by atoms with Crippen molar-refractivity contribution < 1.29 is 28.9 Å². The first-order chi connectivity index (χ1) is 19.2. The number of nitrogens with zero attached hydrogens (tertiary/aromatic N) is 1. The number of allylic oxidation sites excluding steroid dienone is 1. The fraction of sp³-hybridized carbons (Fsp3) is 0.667. The topological polar surface area (TPSA) is 77.5 Å². The minimum Gasteiger partial charge on any atom is -0.385 e. The molecule has 1 N–H and O–H groups in total. The lowest BCUT2D eigenvalue weighted by molar-refractivity contribution is -0.208. The monoisotopic (exact) mass is 551 g/mol. The predicted octanol–water partition coefficient (Wildman–Crippen LogP) is 5.55. The summed E-state index contributed by atoms with van der Waals surface area (Å²) in [6, 6.07) is 8.05. The molecule has 1 heterocycles. The molecule has 4 fully saturated rings. The first-order valence-electron chi connectivity index (χ1n) is 15.1. The van der Waals surface area contributed by atoms with Gasteiger partial charge in [-0.05, 0) is 85.5 Å². The van der Waals surface area contributed by atoms with Crippen LogP contribution in [0.3, 0.4) is 0 Å². The van der Waals surface area contributed by atoms with E-state index >= 15 is 0 Å². The molecule has 0 radical (unpaired) electrons. The molecular formula is C33H45NO6.